The Morgan fingerprint density at radius 3 is 1.37 bits per heavy atom. The number of hydrogen-bond acceptors (Lipinski definition) is 2. The van der Waals surface area contributed by atoms with E-state index in [1.165, 1.54) is 74.9 Å². The fourth-order valence-corrected chi connectivity index (χ4v) is 7.10. The van der Waals surface area contributed by atoms with Crippen molar-refractivity contribution in [3.05, 3.63) is 100 Å². The third kappa shape index (κ3) is 8.77. The number of amidine groups is 2. The van der Waals surface area contributed by atoms with Gasteiger partial charge in [0, 0.05) is 48.3 Å². The van der Waals surface area contributed by atoms with Crippen LogP contribution in [0.5, 0.6) is 0 Å². The van der Waals surface area contributed by atoms with Gasteiger partial charge in [-0.2, -0.15) is 0 Å². The van der Waals surface area contributed by atoms with Crippen molar-refractivity contribution in [1.29, 1.82) is 10.8 Å². The standard InChI is InChI=1S/C20H28F2N2.C18H20F2N2/c21-18-12-7-13-19(22)17(18)14-20(23)24(15-8-3-1-4-9-15)16-10-5-2-6-11-16;1-4-22(18-12(2)7-5-8-13(18)3)17(21)11-14-15(19)9-6-10-16(14)20/h7,12-13,15-16,23H,1-6,8-11,14H2;5-10,21H,4,11H2,1-3H3. The first-order chi connectivity index (χ1) is 22.1. The molecule has 5 rings (SSSR count). The molecule has 0 bridgehead atoms. The van der Waals surface area contributed by atoms with Crippen LogP contribution in [0.25, 0.3) is 0 Å². The first-order valence-corrected chi connectivity index (χ1v) is 16.7. The molecule has 0 aromatic heterocycles. The maximum atomic E-state index is 14.0. The van der Waals surface area contributed by atoms with E-state index in [9.17, 15) is 17.6 Å². The molecule has 0 atom stereocenters. The molecular weight excluding hydrogens is 588 g/mol. The van der Waals surface area contributed by atoms with Crippen molar-refractivity contribution in [2.45, 2.75) is 110 Å². The van der Waals surface area contributed by atoms with Gasteiger partial charge in [0.15, 0.2) is 0 Å². The van der Waals surface area contributed by atoms with Crippen molar-refractivity contribution in [2.75, 3.05) is 11.4 Å². The van der Waals surface area contributed by atoms with Gasteiger partial charge in [0.2, 0.25) is 0 Å². The van der Waals surface area contributed by atoms with Crippen LogP contribution in [-0.4, -0.2) is 35.2 Å². The first kappa shape index (κ1) is 35.2. The van der Waals surface area contributed by atoms with Crippen LogP contribution in [0.3, 0.4) is 0 Å². The molecule has 4 nitrogen and oxygen atoms in total. The number of benzene rings is 3. The third-order valence-electron chi connectivity index (χ3n) is 9.41. The lowest BCUT2D eigenvalue weighted by Gasteiger charge is -2.43. The van der Waals surface area contributed by atoms with Crippen molar-refractivity contribution >= 4 is 17.4 Å². The molecule has 2 aliphatic carbocycles. The fourth-order valence-electron chi connectivity index (χ4n) is 7.10. The Bertz CT molecular complexity index is 1400. The zero-order valence-corrected chi connectivity index (χ0v) is 27.4. The van der Waals surface area contributed by atoms with E-state index in [0.29, 0.717) is 24.5 Å². The minimum atomic E-state index is -0.609. The van der Waals surface area contributed by atoms with E-state index in [4.69, 9.17) is 10.8 Å². The van der Waals surface area contributed by atoms with Crippen LogP contribution in [0.2, 0.25) is 0 Å². The van der Waals surface area contributed by atoms with E-state index < -0.39 is 23.3 Å². The average Bonchev–Trinajstić information content (AvgIpc) is 3.04. The maximum Gasteiger partial charge on any atom is 0.129 e. The number of para-hydroxylation sites is 1. The quantitative estimate of drug-likeness (QED) is 0.147. The predicted molar refractivity (Wildman–Crippen MR) is 180 cm³/mol. The molecule has 0 spiro atoms. The summed E-state index contributed by atoms with van der Waals surface area (Å²) in [5, 5.41) is 16.9. The molecule has 2 saturated carbocycles. The van der Waals surface area contributed by atoms with Crippen LogP contribution < -0.4 is 4.90 Å². The molecule has 3 aromatic carbocycles. The Balaban J connectivity index is 0.000000210. The van der Waals surface area contributed by atoms with Gasteiger partial charge in [-0.05, 0) is 81.8 Å². The predicted octanol–water partition coefficient (Wildman–Crippen LogP) is 10.1. The van der Waals surface area contributed by atoms with Crippen molar-refractivity contribution in [1.82, 2.24) is 4.90 Å². The molecule has 46 heavy (non-hydrogen) atoms. The molecular formula is C38H48F4N4. The Morgan fingerprint density at radius 2 is 0.978 bits per heavy atom. The van der Waals surface area contributed by atoms with Crippen LogP contribution >= 0.6 is 0 Å². The smallest absolute Gasteiger partial charge is 0.129 e. The van der Waals surface area contributed by atoms with Gasteiger partial charge in [-0.15, -0.1) is 0 Å². The molecule has 248 valence electrons. The minimum Gasteiger partial charge on any atom is -0.354 e. The van der Waals surface area contributed by atoms with Crippen molar-refractivity contribution in [3.63, 3.8) is 0 Å². The number of nitrogens with one attached hydrogen (secondary N) is 2. The lowest BCUT2D eigenvalue weighted by atomic mass is 9.88. The summed E-state index contributed by atoms with van der Waals surface area (Å²) < 4.78 is 55.6. The van der Waals surface area contributed by atoms with Gasteiger partial charge in [-0.25, -0.2) is 17.6 Å². The van der Waals surface area contributed by atoms with Gasteiger partial charge in [-0.3, -0.25) is 10.8 Å². The van der Waals surface area contributed by atoms with Gasteiger partial charge >= 0.3 is 0 Å². The summed E-state index contributed by atoms with van der Waals surface area (Å²) in [6.07, 6.45) is 11.8. The minimum absolute atomic E-state index is 0.0409. The zero-order chi connectivity index (χ0) is 33.2. The van der Waals surface area contributed by atoms with E-state index in [1.807, 2.05) is 39.0 Å². The summed E-state index contributed by atoms with van der Waals surface area (Å²) in [7, 11) is 0. The second kappa shape index (κ2) is 16.8. The molecule has 0 saturated heterocycles. The fraction of sp³-hybridized carbons (Fsp3) is 0.474. The lowest BCUT2D eigenvalue weighted by molar-refractivity contribution is 0.154. The normalized spacial score (nSPS) is 15.5. The van der Waals surface area contributed by atoms with E-state index in [1.54, 1.807) is 4.90 Å². The number of halogens is 4. The van der Waals surface area contributed by atoms with Crippen LogP contribution in [0, 0.1) is 47.9 Å². The molecule has 0 amide bonds. The molecule has 3 aromatic rings. The highest BCUT2D eigenvalue weighted by molar-refractivity contribution is 5.98. The van der Waals surface area contributed by atoms with Crippen LogP contribution in [-0.2, 0) is 12.8 Å². The van der Waals surface area contributed by atoms with Gasteiger partial charge in [0.05, 0.1) is 0 Å². The second-order valence-electron chi connectivity index (χ2n) is 12.6. The molecule has 2 fully saturated rings. The average molecular weight is 637 g/mol. The Morgan fingerprint density at radius 1 is 0.609 bits per heavy atom. The summed E-state index contributed by atoms with van der Waals surface area (Å²) in [4.78, 5) is 4.04. The SMILES string of the molecule is CCN(C(=N)Cc1c(F)cccc1F)c1c(C)cccc1C.N=C(Cc1c(F)cccc1F)N(C1CCCCC1)C1CCCCC1. The Kier molecular flexibility index (Phi) is 12.8. The first-order valence-electron chi connectivity index (χ1n) is 16.7. The van der Waals surface area contributed by atoms with Crippen molar-refractivity contribution in [2.24, 2.45) is 0 Å². The molecule has 2 aliphatic rings. The largest absolute Gasteiger partial charge is 0.354 e. The number of likely N-dealkylation sites (N-methyl/N-ethyl adjacent to an activating group) is 1. The third-order valence-corrected chi connectivity index (χ3v) is 9.41. The van der Waals surface area contributed by atoms with Gasteiger partial charge in [-0.1, -0.05) is 68.9 Å². The lowest BCUT2D eigenvalue weighted by Crippen LogP contribution is -2.49. The molecule has 0 unspecified atom stereocenters. The summed E-state index contributed by atoms with van der Waals surface area (Å²) in [6.45, 7) is 6.45. The Labute approximate surface area is 271 Å². The summed E-state index contributed by atoms with van der Waals surface area (Å²) in [5.74, 6) is -1.70. The summed E-state index contributed by atoms with van der Waals surface area (Å²) in [5.41, 5.74) is 3.00. The number of aryl methyl sites for hydroxylation is 2. The van der Waals surface area contributed by atoms with Crippen molar-refractivity contribution < 1.29 is 17.6 Å². The monoisotopic (exact) mass is 636 g/mol. The van der Waals surface area contributed by atoms with Crippen LogP contribution in [0.15, 0.2) is 54.6 Å². The number of hydrogen-bond donors (Lipinski definition) is 2. The molecule has 0 aliphatic heterocycles. The number of nitrogens with zero attached hydrogens (tertiary/aromatic N) is 2. The zero-order valence-electron chi connectivity index (χ0n) is 27.4. The number of anilines is 1. The second-order valence-corrected chi connectivity index (χ2v) is 12.6. The van der Waals surface area contributed by atoms with Crippen LogP contribution in [0.4, 0.5) is 23.2 Å². The van der Waals surface area contributed by atoms with E-state index in [-0.39, 0.29) is 29.8 Å². The van der Waals surface area contributed by atoms with Gasteiger partial charge < -0.3 is 9.80 Å². The summed E-state index contributed by atoms with van der Waals surface area (Å²) >= 11 is 0. The summed E-state index contributed by atoms with van der Waals surface area (Å²) in [6, 6.07) is 14.4. The van der Waals surface area contributed by atoms with Crippen LogP contribution in [0.1, 0.15) is 93.4 Å². The van der Waals surface area contributed by atoms with Crippen molar-refractivity contribution in [3.8, 4) is 0 Å². The highest BCUT2D eigenvalue weighted by atomic mass is 19.1. The maximum absolute atomic E-state index is 14.0. The number of rotatable bonds is 8. The highest BCUT2D eigenvalue weighted by Crippen LogP contribution is 2.31. The molecule has 2 N–H and O–H groups in total. The van der Waals surface area contributed by atoms with E-state index >= 15 is 0 Å². The van der Waals surface area contributed by atoms with Gasteiger partial charge in [0.1, 0.15) is 34.9 Å². The van der Waals surface area contributed by atoms with E-state index in [2.05, 4.69) is 4.90 Å². The highest BCUT2D eigenvalue weighted by Gasteiger charge is 2.31. The molecule has 0 radical (unpaired) electrons. The van der Waals surface area contributed by atoms with Gasteiger partial charge in [0.25, 0.3) is 0 Å². The van der Waals surface area contributed by atoms with E-state index in [0.717, 1.165) is 42.5 Å². The molecule has 0 heterocycles. The molecule has 8 heteroatoms. The topological polar surface area (TPSA) is 54.2 Å². The Hall–Kier alpha value is -3.68.